The first-order valence-electron chi connectivity index (χ1n) is 13.1. The number of allylic oxidation sites excluding steroid dienone is 1. The van der Waals surface area contributed by atoms with Crippen LogP contribution in [0, 0.1) is 23.7 Å². The predicted molar refractivity (Wildman–Crippen MR) is 141 cm³/mol. The molecule has 4 rings (SSSR count). The lowest BCUT2D eigenvalue weighted by Gasteiger charge is -2.34. The van der Waals surface area contributed by atoms with E-state index in [-0.39, 0.29) is 36.2 Å². The molecule has 2 aromatic rings. The molecule has 1 aliphatic heterocycles. The van der Waals surface area contributed by atoms with Crippen LogP contribution < -0.4 is 10.6 Å². The fraction of sp³-hybridized carbons (Fsp3) is 0.483. The van der Waals surface area contributed by atoms with Gasteiger partial charge in [0.05, 0.1) is 11.8 Å². The summed E-state index contributed by atoms with van der Waals surface area (Å²) in [6.45, 7) is 2.60. The van der Waals surface area contributed by atoms with Gasteiger partial charge in [-0.1, -0.05) is 55.8 Å². The minimum absolute atomic E-state index is 0.0290. The Bertz CT molecular complexity index is 1130. The molecule has 0 spiro atoms. The van der Waals surface area contributed by atoms with Crippen LogP contribution >= 0.6 is 0 Å². The fourth-order valence-electron chi connectivity index (χ4n) is 5.93. The largest absolute Gasteiger partial charge is 0.396 e. The van der Waals surface area contributed by atoms with E-state index in [1.807, 2.05) is 54.6 Å². The number of unbranched alkanes of at least 4 members (excludes halogenated alkanes) is 2. The number of rotatable bonds is 10. The summed E-state index contributed by atoms with van der Waals surface area (Å²) < 4.78 is 0. The highest BCUT2D eigenvalue weighted by Crippen LogP contribution is 2.45. The average Bonchev–Trinajstić information content (AvgIpc) is 3.17. The molecule has 2 aromatic carbocycles. The first-order chi connectivity index (χ1) is 17.5. The SMILES string of the molecule is CCC[C@@H]1C=C[C@H]2[C@H](C(=O)N(CCCCCO)[C@@H]2C(=O)Nc2ccc3ccccc3c2)[C@@H]1C(=O)NC. The summed E-state index contributed by atoms with van der Waals surface area (Å²) in [6, 6.07) is 13.1. The molecule has 0 unspecified atom stereocenters. The van der Waals surface area contributed by atoms with Crippen LogP contribution in [-0.4, -0.2) is 54.0 Å². The van der Waals surface area contributed by atoms with Crippen molar-refractivity contribution in [3.8, 4) is 0 Å². The molecule has 192 valence electrons. The van der Waals surface area contributed by atoms with E-state index >= 15 is 0 Å². The summed E-state index contributed by atoms with van der Waals surface area (Å²) in [5.74, 6) is -1.95. The maximum Gasteiger partial charge on any atom is 0.247 e. The number of benzene rings is 2. The summed E-state index contributed by atoms with van der Waals surface area (Å²) in [5.41, 5.74) is 0.682. The van der Waals surface area contributed by atoms with Gasteiger partial charge in [-0.2, -0.15) is 0 Å². The Kier molecular flexibility index (Phi) is 8.41. The lowest BCUT2D eigenvalue weighted by atomic mass is 9.68. The van der Waals surface area contributed by atoms with Crippen LogP contribution in [0.5, 0.6) is 0 Å². The minimum Gasteiger partial charge on any atom is -0.396 e. The van der Waals surface area contributed by atoms with E-state index in [0.717, 1.165) is 30.0 Å². The number of amides is 3. The smallest absolute Gasteiger partial charge is 0.247 e. The van der Waals surface area contributed by atoms with E-state index in [9.17, 15) is 14.4 Å². The first-order valence-corrected chi connectivity index (χ1v) is 13.1. The van der Waals surface area contributed by atoms with Gasteiger partial charge in [-0.25, -0.2) is 0 Å². The van der Waals surface area contributed by atoms with E-state index in [1.54, 1.807) is 11.9 Å². The second kappa shape index (κ2) is 11.7. The molecule has 3 amide bonds. The second-order valence-electron chi connectivity index (χ2n) is 9.89. The molecule has 3 N–H and O–H groups in total. The van der Waals surface area contributed by atoms with Gasteiger partial charge in [0.2, 0.25) is 17.7 Å². The van der Waals surface area contributed by atoms with Crippen LogP contribution in [0.15, 0.2) is 54.6 Å². The third-order valence-electron chi connectivity index (χ3n) is 7.63. The maximum absolute atomic E-state index is 13.8. The van der Waals surface area contributed by atoms with Crippen LogP contribution in [0.1, 0.15) is 39.0 Å². The number of aliphatic hydroxyl groups is 1. The number of likely N-dealkylation sites (tertiary alicyclic amines) is 1. The Balaban J connectivity index is 1.64. The lowest BCUT2D eigenvalue weighted by Crippen LogP contribution is -2.45. The Labute approximate surface area is 212 Å². The highest BCUT2D eigenvalue weighted by Gasteiger charge is 2.56. The van der Waals surface area contributed by atoms with Gasteiger partial charge in [0.1, 0.15) is 6.04 Å². The van der Waals surface area contributed by atoms with Gasteiger partial charge in [-0.05, 0) is 54.5 Å². The summed E-state index contributed by atoms with van der Waals surface area (Å²) in [6.07, 6.45) is 7.88. The van der Waals surface area contributed by atoms with Gasteiger partial charge in [0.25, 0.3) is 0 Å². The highest BCUT2D eigenvalue weighted by molar-refractivity contribution is 6.02. The van der Waals surface area contributed by atoms with Crippen molar-refractivity contribution in [2.45, 2.75) is 45.1 Å². The molecular formula is C29H37N3O4. The van der Waals surface area contributed by atoms with Crippen LogP contribution in [-0.2, 0) is 14.4 Å². The number of carbonyl (C=O) groups excluding carboxylic acids is 3. The maximum atomic E-state index is 13.8. The molecule has 36 heavy (non-hydrogen) atoms. The zero-order chi connectivity index (χ0) is 25.7. The summed E-state index contributed by atoms with van der Waals surface area (Å²) >= 11 is 0. The molecule has 1 fully saturated rings. The van der Waals surface area contributed by atoms with E-state index in [2.05, 4.69) is 17.6 Å². The van der Waals surface area contributed by atoms with Crippen molar-refractivity contribution < 1.29 is 19.5 Å². The third-order valence-corrected chi connectivity index (χ3v) is 7.63. The van der Waals surface area contributed by atoms with E-state index in [0.29, 0.717) is 25.1 Å². The number of hydrogen-bond acceptors (Lipinski definition) is 4. The Morgan fingerprint density at radius 1 is 1.00 bits per heavy atom. The molecule has 7 heteroatoms. The monoisotopic (exact) mass is 491 g/mol. The summed E-state index contributed by atoms with van der Waals surface area (Å²) in [4.78, 5) is 42.2. The summed E-state index contributed by atoms with van der Waals surface area (Å²) in [7, 11) is 1.61. The number of fused-ring (bicyclic) bond motifs is 2. The molecule has 2 aliphatic rings. The fourth-order valence-corrected chi connectivity index (χ4v) is 5.93. The molecule has 0 saturated carbocycles. The van der Waals surface area contributed by atoms with E-state index in [1.165, 1.54) is 0 Å². The number of nitrogens with one attached hydrogen (secondary N) is 2. The van der Waals surface area contributed by atoms with Crippen LogP contribution in [0.25, 0.3) is 10.8 Å². The average molecular weight is 492 g/mol. The van der Waals surface area contributed by atoms with Gasteiger partial charge in [-0.3, -0.25) is 14.4 Å². The van der Waals surface area contributed by atoms with Crippen LogP contribution in [0.2, 0.25) is 0 Å². The van der Waals surface area contributed by atoms with Gasteiger partial charge >= 0.3 is 0 Å². The van der Waals surface area contributed by atoms with Crippen LogP contribution in [0.4, 0.5) is 5.69 Å². The van der Waals surface area contributed by atoms with E-state index in [4.69, 9.17) is 5.11 Å². The summed E-state index contributed by atoms with van der Waals surface area (Å²) in [5, 5.41) is 17.1. The Hall–Kier alpha value is -3.19. The van der Waals surface area contributed by atoms with Gasteiger partial charge in [-0.15, -0.1) is 0 Å². The lowest BCUT2D eigenvalue weighted by molar-refractivity contribution is -0.140. The van der Waals surface area contributed by atoms with Crippen molar-refractivity contribution in [2.24, 2.45) is 23.7 Å². The molecular weight excluding hydrogens is 454 g/mol. The van der Waals surface area contributed by atoms with E-state index < -0.39 is 17.9 Å². The van der Waals surface area contributed by atoms with Crippen molar-refractivity contribution in [3.05, 3.63) is 54.6 Å². The highest BCUT2D eigenvalue weighted by atomic mass is 16.3. The molecule has 7 nitrogen and oxygen atoms in total. The van der Waals surface area contributed by atoms with Crippen molar-refractivity contribution in [3.63, 3.8) is 0 Å². The number of hydrogen-bond donors (Lipinski definition) is 3. The van der Waals surface area contributed by atoms with Crippen molar-refractivity contribution in [1.29, 1.82) is 0 Å². The molecule has 0 bridgehead atoms. The zero-order valence-corrected chi connectivity index (χ0v) is 21.2. The standard InChI is InChI=1S/C29H37N3O4/c1-3-9-20-13-15-23-25(24(20)27(34)30-2)29(36)32(16-7-4-8-17-33)26(23)28(35)31-22-14-12-19-10-5-6-11-21(19)18-22/h5-6,10-15,18,20,23-26,33H,3-4,7-9,16-17H2,1-2H3,(H,30,34)(H,31,35)/t20-,23+,24-,25+,26+/m1/s1. The van der Waals surface area contributed by atoms with Gasteiger partial charge in [0.15, 0.2) is 0 Å². The number of nitrogens with zero attached hydrogens (tertiary/aromatic N) is 1. The number of anilines is 1. The van der Waals surface area contributed by atoms with Gasteiger partial charge in [0, 0.05) is 31.8 Å². The number of aliphatic hydroxyl groups excluding tert-OH is 1. The molecule has 0 aromatic heterocycles. The second-order valence-corrected chi connectivity index (χ2v) is 9.89. The molecule has 1 aliphatic carbocycles. The number of carbonyl (C=O) groups is 3. The van der Waals surface area contributed by atoms with Crippen molar-refractivity contribution >= 4 is 34.2 Å². The molecule has 1 heterocycles. The Morgan fingerprint density at radius 3 is 2.50 bits per heavy atom. The molecule has 0 radical (unpaired) electrons. The minimum atomic E-state index is -0.686. The predicted octanol–water partition coefficient (Wildman–Crippen LogP) is 3.73. The van der Waals surface area contributed by atoms with Crippen molar-refractivity contribution in [1.82, 2.24) is 10.2 Å². The van der Waals surface area contributed by atoms with Crippen LogP contribution in [0.3, 0.4) is 0 Å². The zero-order valence-electron chi connectivity index (χ0n) is 21.2. The Morgan fingerprint density at radius 2 is 1.78 bits per heavy atom. The third kappa shape index (κ3) is 5.16. The first kappa shape index (κ1) is 25.9. The molecule has 5 atom stereocenters. The topological polar surface area (TPSA) is 98.7 Å². The van der Waals surface area contributed by atoms with Crippen molar-refractivity contribution in [2.75, 3.05) is 25.5 Å². The normalized spacial score (nSPS) is 25.1. The quantitative estimate of drug-likeness (QED) is 0.348. The van der Waals surface area contributed by atoms with Gasteiger partial charge < -0.3 is 20.6 Å². The molecule has 1 saturated heterocycles.